The minimum Gasteiger partial charge on any atom is -0.370 e. The summed E-state index contributed by atoms with van der Waals surface area (Å²) in [4.78, 5) is 10.8. The molecule has 0 fully saturated rings. The van der Waals surface area contributed by atoms with Crippen LogP contribution in [0, 0.1) is 0 Å². The Balaban J connectivity index is 0.000000293. The van der Waals surface area contributed by atoms with Crippen molar-refractivity contribution < 1.29 is 17.1 Å². The Morgan fingerprint density at radius 2 is 0.953 bits per heavy atom. The van der Waals surface area contributed by atoms with Crippen molar-refractivity contribution in [2.24, 2.45) is 0 Å². The predicted molar refractivity (Wildman–Crippen MR) is 190 cm³/mol. The molecule has 0 saturated carbocycles. The number of nitrogens with zero attached hydrogens (tertiary/aromatic N) is 2. The summed E-state index contributed by atoms with van der Waals surface area (Å²) in [5.74, 6) is 0. The Bertz CT molecular complexity index is 1360. The van der Waals surface area contributed by atoms with Crippen molar-refractivity contribution in [3.05, 3.63) is 84.2 Å². The second-order valence-corrected chi connectivity index (χ2v) is 13.2. The molecule has 2 heterocycles. The molecule has 4 aromatic rings. The number of aromatic nitrogens is 2. The number of rotatable bonds is 12. The van der Waals surface area contributed by atoms with Gasteiger partial charge in [0.1, 0.15) is 9.98 Å². The molecular weight excluding hydrogens is 616 g/mol. The molecule has 1 radical (unpaired) electrons. The zero-order valence-corrected chi connectivity index (χ0v) is 29.2. The Morgan fingerprint density at radius 1 is 0.581 bits per heavy atom. The predicted octanol–water partition coefficient (Wildman–Crippen LogP) is 9.72. The second kappa shape index (κ2) is 17.8. The third kappa shape index (κ3) is 12.2. The molecule has 0 unspecified atom stereocenters. The van der Waals surface area contributed by atoms with Crippen molar-refractivity contribution >= 4 is 56.2 Å². The maximum absolute atomic E-state index is 5.54. The van der Waals surface area contributed by atoms with E-state index in [0.29, 0.717) is 0 Å². The molecule has 0 spiro atoms. The van der Waals surface area contributed by atoms with Gasteiger partial charge < -0.3 is 10.6 Å². The van der Waals surface area contributed by atoms with Gasteiger partial charge in [0.25, 0.3) is 0 Å². The topological polar surface area (TPSA) is 49.8 Å². The maximum Gasteiger partial charge on any atom is 2.00 e. The SMILES string of the molecule is CCCCCC(C)(C)NC(=S)c1ccc2ccccc2n1.CCCCCC(C)(C)NC(=S)c1ccc2ccccc2n1.[Cu+2]. The van der Waals surface area contributed by atoms with Gasteiger partial charge in [0.2, 0.25) is 0 Å². The first-order chi connectivity index (χ1) is 20.0. The molecule has 4 rings (SSSR count). The number of nitrogens with one attached hydrogen (secondary N) is 2. The number of unbranched alkanes of at least 4 members (excludes halogenated alkanes) is 4. The van der Waals surface area contributed by atoms with Crippen molar-refractivity contribution in [1.29, 1.82) is 0 Å². The summed E-state index contributed by atoms with van der Waals surface area (Å²) in [6, 6.07) is 24.4. The average Bonchev–Trinajstić information content (AvgIpc) is 2.96. The van der Waals surface area contributed by atoms with Crippen LogP contribution in [0.5, 0.6) is 0 Å². The summed E-state index contributed by atoms with van der Waals surface area (Å²) in [6.07, 6.45) is 9.72. The summed E-state index contributed by atoms with van der Waals surface area (Å²) in [6.45, 7) is 13.3. The zero-order chi connectivity index (χ0) is 30.6. The quantitative estimate of drug-likeness (QED) is 0.0894. The molecule has 0 bridgehead atoms. The first kappa shape index (κ1) is 36.7. The van der Waals surface area contributed by atoms with E-state index in [0.717, 1.165) is 56.0 Å². The second-order valence-electron chi connectivity index (χ2n) is 12.4. The van der Waals surface area contributed by atoms with E-state index in [1.54, 1.807) is 0 Å². The summed E-state index contributed by atoms with van der Waals surface area (Å²) in [7, 11) is 0. The summed E-state index contributed by atoms with van der Waals surface area (Å²) >= 11 is 11.1. The fourth-order valence-electron chi connectivity index (χ4n) is 4.89. The van der Waals surface area contributed by atoms with E-state index in [2.05, 4.69) is 86.4 Å². The standard InChI is InChI=1S/2C18H24N2S.Cu/c2*1-4-5-8-13-18(2,3)20-17(21)16-12-11-14-9-6-7-10-15(14)19-16;/h2*6-7,9-12H,4-5,8,13H2,1-3H3,(H,20,21);/q;;+2. The summed E-state index contributed by atoms with van der Waals surface area (Å²) in [5.41, 5.74) is 3.71. The van der Waals surface area contributed by atoms with Gasteiger partial charge in [0, 0.05) is 21.9 Å². The van der Waals surface area contributed by atoms with Crippen LogP contribution in [-0.4, -0.2) is 31.0 Å². The molecule has 0 aliphatic rings. The van der Waals surface area contributed by atoms with E-state index >= 15 is 0 Å². The Labute approximate surface area is 280 Å². The number of fused-ring (bicyclic) bond motifs is 2. The number of hydrogen-bond donors (Lipinski definition) is 2. The Kier molecular flexibility index (Phi) is 15.2. The summed E-state index contributed by atoms with van der Waals surface area (Å²) < 4.78 is 0. The van der Waals surface area contributed by atoms with Crippen LogP contribution < -0.4 is 10.6 Å². The van der Waals surface area contributed by atoms with E-state index in [9.17, 15) is 0 Å². The molecule has 7 heteroatoms. The first-order valence-corrected chi connectivity index (χ1v) is 16.2. The number of para-hydroxylation sites is 2. The molecule has 0 saturated heterocycles. The minimum atomic E-state index is 0. The first-order valence-electron chi connectivity index (χ1n) is 15.4. The monoisotopic (exact) mass is 663 g/mol. The van der Waals surface area contributed by atoms with Gasteiger partial charge >= 0.3 is 17.1 Å². The van der Waals surface area contributed by atoms with Gasteiger partial charge in [-0.05, 0) is 64.8 Å². The van der Waals surface area contributed by atoms with Gasteiger partial charge in [-0.3, -0.25) is 0 Å². The minimum absolute atomic E-state index is 0. The van der Waals surface area contributed by atoms with Crippen LogP contribution in [0.2, 0.25) is 0 Å². The van der Waals surface area contributed by atoms with Crippen LogP contribution in [0.25, 0.3) is 21.8 Å². The molecule has 0 aliphatic heterocycles. The van der Waals surface area contributed by atoms with E-state index in [4.69, 9.17) is 24.4 Å². The molecule has 2 aromatic carbocycles. The normalized spacial score (nSPS) is 11.3. The van der Waals surface area contributed by atoms with Crippen LogP contribution >= 0.6 is 24.4 Å². The van der Waals surface area contributed by atoms with Crippen LogP contribution in [0.1, 0.15) is 104 Å². The molecule has 0 atom stereocenters. The fourth-order valence-corrected chi connectivity index (χ4v) is 5.67. The van der Waals surface area contributed by atoms with Gasteiger partial charge in [-0.1, -0.05) is 125 Å². The van der Waals surface area contributed by atoms with Gasteiger partial charge in [-0.2, -0.15) is 0 Å². The van der Waals surface area contributed by atoms with E-state index in [1.165, 1.54) is 38.5 Å². The molecule has 0 aliphatic carbocycles. The van der Waals surface area contributed by atoms with Crippen LogP contribution in [0.4, 0.5) is 0 Å². The molecule has 0 amide bonds. The molecule has 2 N–H and O–H groups in total. The fraction of sp³-hybridized carbons (Fsp3) is 0.444. The van der Waals surface area contributed by atoms with Crippen molar-refractivity contribution in [3.63, 3.8) is 0 Å². The molecular formula is C36H48CuN4S2+2. The van der Waals surface area contributed by atoms with Gasteiger partial charge in [-0.25, -0.2) is 9.97 Å². The Hall–Kier alpha value is -2.44. The van der Waals surface area contributed by atoms with Crippen molar-refractivity contribution in [1.82, 2.24) is 20.6 Å². The van der Waals surface area contributed by atoms with Gasteiger partial charge in [0.05, 0.1) is 22.4 Å². The van der Waals surface area contributed by atoms with Crippen LogP contribution in [0.15, 0.2) is 72.8 Å². The van der Waals surface area contributed by atoms with E-state index < -0.39 is 0 Å². The van der Waals surface area contributed by atoms with Crippen LogP contribution in [0.3, 0.4) is 0 Å². The largest absolute Gasteiger partial charge is 2.00 e. The number of thiocarbonyl (C=S) groups is 2. The number of pyridine rings is 2. The zero-order valence-electron chi connectivity index (χ0n) is 26.6. The third-order valence-electron chi connectivity index (χ3n) is 7.38. The average molecular weight is 664 g/mol. The van der Waals surface area contributed by atoms with Crippen molar-refractivity contribution in [3.8, 4) is 0 Å². The molecule has 233 valence electrons. The summed E-state index contributed by atoms with van der Waals surface area (Å²) in [5, 5.41) is 9.22. The van der Waals surface area contributed by atoms with E-state index in [1.807, 2.05) is 48.5 Å². The maximum atomic E-state index is 5.54. The number of benzene rings is 2. The van der Waals surface area contributed by atoms with Crippen molar-refractivity contribution in [2.75, 3.05) is 0 Å². The smallest absolute Gasteiger partial charge is 0.370 e. The Morgan fingerprint density at radius 3 is 1.33 bits per heavy atom. The third-order valence-corrected chi connectivity index (χ3v) is 8.00. The molecule has 2 aromatic heterocycles. The molecule has 4 nitrogen and oxygen atoms in total. The van der Waals surface area contributed by atoms with Crippen molar-refractivity contribution in [2.45, 2.75) is 104 Å². The van der Waals surface area contributed by atoms with Gasteiger partial charge in [0.15, 0.2) is 0 Å². The molecule has 43 heavy (non-hydrogen) atoms. The number of hydrogen-bond acceptors (Lipinski definition) is 4. The van der Waals surface area contributed by atoms with Gasteiger partial charge in [-0.15, -0.1) is 0 Å². The van der Waals surface area contributed by atoms with Crippen LogP contribution in [-0.2, 0) is 17.1 Å². The van der Waals surface area contributed by atoms with E-state index in [-0.39, 0.29) is 28.1 Å².